The first kappa shape index (κ1) is 22.8. The number of ether oxygens (including phenoxy) is 4. The lowest BCUT2D eigenvalue weighted by Crippen LogP contribution is -2.53. The molecule has 4 aliphatic rings. The number of fused-ring (bicyclic) bond motifs is 4. The molecular formula is C27H34N2O5. The molecule has 7 heteroatoms. The highest BCUT2D eigenvalue weighted by Crippen LogP contribution is 2.45. The minimum Gasteiger partial charge on any atom is -0.497 e. The van der Waals surface area contributed by atoms with Crippen molar-refractivity contribution in [2.75, 3.05) is 40.5 Å². The molecule has 4 aliphatic heterocycles. The molecule has 0 saturated carbocycles. The molecule has 1 unspecified atom stereocenters. The standard InChI is InChI=1S/C27H34N2O5/c1-27(2)16-33-23-13-18(19-11-20(31-3)14-21(12-19)32-4)5-6-22(23)25(27)28-26(30)34-24-15-29-9-7-17(24)8-10-29/h5-6,11-14,17,24-25H,7-10,15-16H2,1-4H3,(H,28,30)/t24-,25?/m0/s1. The van der Waals surface area contributed by atoms with Crippen molar-refractivity contribution >= 4 is 6.09 Å². The summed E-state index contributed by atoms with van der Waals surface area (Å²) in [5, 5.41) is 3.17. The van der Waals surface area contributed by atoms with Crippen molar-refractivity contribution in [1.29, 1.82) is 0 Å². The molecule has 6 rings (SSSR count). The van der Waals surface area contributed by atoms with Crippen LogP contribution in [0.3, 0.4) is 0 Å². The zero-order chi connectivity index (χ0) is 23.9. The SMILES string of the molecule is COc1cc(OC)cc(-c2ccc3c(c2)OCC(C)(C)C3NC(=O)O[C@H]2CN3CCC2CC3)c1. The molecule has 182 valence electrons. The van der Waals surface area contributed by atoms with Crippen LogP contribution in [0.25, 0.3) is 11.1 Å². The Morgan fingerprint density at radius 1 is 1.03 bits per heavy atom. The fourth-order valence-electron chi connectivity index (χ4n) is 5.43. The van der Waals surface area contributed by atoms with E-state index in [1.807, 2.05) is 36.4 Å². The van der Waals surface area contributed by atoms with Crippen molar-refractivity contribution in [2.45, 2.75) is 38.8 Å². The van der Waals surface area contributed by atoms with Crippen LogP contribution in [0.1, 0.15) is 38.3 Å². The summed E-state index contributed by atoms with van der Waals surface area (Å²) in [6, 6.07) is 11.7. The van der Waals surface area contributed by atoms with Gasteiger partial charge in [0.1, 0.15) is 23.4 Å². The van der Waals surface area contributed by atoms with E-state index in [1.54, 1.807) is 14.2 Å². The minimum atomic E-state index is -0.341. The molecule has 3 fully saturated rings. The number of amides is 1. The van der Waals surface area contributed by atoms with Gasteiger partial charge in [0.25, 0.3) is 0 Å². The average molecular weight is 467 g/mol. The molecule has 7 nitrogen and oxygen atoms in total. The van der Waals surface area contributed by atoms with E-state index in [4.69, 9.17) is 18.9 Å². The summed E-state index contributed by atoms with van der Waals surface area (Å²) in [4.78, 5) is 15.4. The number of nitrogens with one attached hydrogen (secondary N) is 1. The molecule has 0 spiro atoms. The van der Waals surface area contributed by atoms with E-state index in [0.29, 0.717) is 12.5 Å². The molecule has 1 N–H and O–H groups in total. The number of carbonyl (C=O) groups is 1. The van der Waals surface area contributed by atoms with E-state index in [-0.39, 0.29) is 23.7 Å². The van der Waals surface area contributed by atoms with Crippen LogP contribution in [0.2, 0.25) is 0 Å². The third-order valence-electron chi connectivity index (χ3n) is 7.51. The maximum absolute atomic E-state index is 13.0. The number of benzene rings is 2. The third-order valence-corrected chi connectivity index (χ3v) is 7.51. The number of piperidine rings is 3. The molecule has 34 heavy (non-hydrogen) atoms. The molecule has 2 bridgehead atoms. The first-order valence-corrected chi connectivity index (χ1v) is 12.1. The van der Waals surface area contributed by atoms with Gasteiger partial charge in [-0.1, -0.05) is 26.0 Å². The molecule has 3 saturated heterocycles. The van der Waals surface area contributed by atoms with Crippen LogP contribution in [0, 0.1) is 11.3 Å². The van der Waals surface area contributed by atoms with Crippen molar-refractivity contribution < 1.29 is 23.7 Å². The molecule has 2 aromatic rings. The van der Waals surface area contributed by atoms with Crippen molar-refractivity contribution in [2.24, 2.45) is 11.3 Å². The number of methoxy groups -OCH3 is 2. The summed E-state index contributed by atoms with van der Waals surface area (Å²) in [7, 11) is 3.28. The number of hydrogen-bond donors (Lipinski definition) is 1. The molecular weight excluding hydrogens is 432 g/mol. The van der Waals surface area contributed by atoms with Gasteiger partial charge in [0.05, 0.1) is 26.9 Å². The quantitative estimate of drug-likeness (QED) is 0.692. The smallest absolute Gasteiger partial charge is 0.407 e. The van der Waals surface area contributed by atoms with Gasteiger partial charge in [0.15, 0.2) is 0 Å². The first-order valence-electron chi connectivity index (χ1n) is 12.1. The summed E-state index contributed by atoms with van der Waals surface area (Å²) >= 11 is 0. The zero-order valence-corrected chi connectivity index (χ0v) is 20.4. The molecule has 2 aromatic carbocycles. The Hall–Kier alpha value is -2.93. The van der Waals surface area contributed by atoms with Gasteiger partial charge in [0, 0.05) is 23.6 Å². The Labute approximate surface area is 201 Å². The summed E-state index contributed by atoms with van der Waals surface area (Å²) < 4.78 is 22.9. The second-order valence-electron chi connectivity index (χ2n) is 10.3. The van der Waals surface area contributed by atoms with Gasteiger partial charge in [0.2, 0.25) is 0 Å². The van der Waals surface area contributed by atoms with E-state index < -0.39 is 0 Å². The highest BCUT2D eigenvalue weighted by molar-refractivity contribution is 5.71. The number of hydrogen-bond acceptors (Lipinski definition) is 6. The van der Waals surface area contributed by atoms with Crippen molar-refractivity contribution in [3.8, 4) is 28.4 Å². The lowest BCUT2D eigenvalue weighted by molar-refractivity contribution is -0.0361. The molecule has 0 radical (unpaired) electrons. The topological polar surface area (TPSA) is 69.3 Å². The second-order valence-corrected chi connectivity index (χ2v) is 10.3. The van der Waals surface area contributed by atoms with E-state index in [9.17, 15) is 4.79 Å². The predicted octanol–water partition coefficient (Wildman–Crippen LogP) is 4.65. The number of carbonyl (C=O) groups excluding carboxylic acids is 1. The van der Waals surface area contributed by atoms with Crippen molar-refractivity contribution in [3.05, 3.63) is 42.0 Å². The zero-order valence-electron chi connectivity index (χ0n) is 20.4. The summed E-state index contributed by atoms with van der Waals surface area (Å²) in [5.74, 6) is 2.70. The average Bonchev–Trinajstić information content (AvgIpc) is 2.86. The Bertz CT molecular complexity index is 1040. The van der Waals surface area contributed by atoms with Crippen LogP contribution in [0.15, 0.2) is 36.4 Å². The Morgan fingerprint density at radius 2 is 1.74 bits per heavy atom. The molecule has 0 aliphatic carbocycles. The molecule has 2 atom stereocenters. The van der Waals surface area contributed by atoms with Crippen LogP contribution in [0.4, 0.5) is 4.79 Å². The van der Waals surface area contributed by atoms with Gasteiger partial charge in [-0.15, -0.1) is 0 Å². The van der Waals surface area contributed by atoms with Crippen LogP contribution in [-0.4, -0.2) is 57.6 Å². The number of rotatable bonds is 5. The fraction of sp³-hybridized carbons (Fsp3) is 0.519. The highest BCUT2D eigenvalue weighted by atomic mass is 16.6. The Morgan fingerprint density at radius 3 is 2.35 bits per heavy atom. The van der Waals surface area contributed by atoms with Crippen LogP contribution >= 0.6 is 0 Å². The van der Waals surface area contributed by atoms with E-state index in [1.165, 1.54) is 0 Å². The van der Waals surface area contributed by atoms with Crippen LogP contribution in [-0.2, 0) is 4.74 Å². The van der Waals surface area contributed by atoms with Gasteiger partial charge in [-0.05, 0) is 61.2 Å². The monoisotopic (exact) mass is 466 g/mol. The van der Waals surface area contributed by atoms with Gasteiger partial charge in [-0.3, -0.25) is 4.90 Å². The highest BCUT2D eigenvalue weighted by Gasteiger charge is 2.41. The summed E-state index contributed by atoms with van der Waals surface area (Å²) in [6.45, 7) is 7.79. The maximum Gasteiger partial charge on any atom is 0.407 e. The maximum atomic E-state index is 13.0. The first-order chi connectivity index (χ1) is 16.4. The van der Waals surface area contributed by atoms with Crippen molar-refractivity contribution in [3.63, 3.8) is 0 Å². The van der Waals surface area contributed by atoms with Gasteiger partial charge in [-0.2, -0.15) is 0 Å². The lowest BCUT2D eigenvalue weighted by Gasteiger charge is -2.44. The molecule has 0 aromatic heterocycles. The normalized spacial score (nSPS) is 26.7. The predicted molar refractivity (Wildman–Crippen MR) is 130 cm³/mol. The van der Waals surface area contributed by atoms with E-state index in [0.717, 1.165) is 66.4 Å². The van der Waals surface area contributed by atoms with Gasteiger partial charge >= 0.3 is 6.09 Å². The van der Waals surface area contributed by atoms with E-state index >= 15 is 0 Å². The largest absolute Gasteiger partial charge is 0.497 e. The summed E-state index contributed by atoms with van der Waals surface area (Å²) in [6.07, 6.45) is 1.87. The van der Waals surface area contributed by atoms with Gasteiger partial charge < -0.3 is 24.3 Å². The van der Waals surface area contributed by atoms with Crippen molar-refractivity contribution in [1.82, 2.24) is 10.2 Å². The summed E-state index contributed by atoms with van der Waals surface area (Å²) in [5.41, 5.74) is 2.64. The van der Waals surface area contributed by atoms with Gasteiger partial charge in [-0.25, -0.2) is 4.79 Å². The van der Waals surface area contributed by atoms with Crippen LogP contribution in [0.5, 0.6) is 17.2 Å². The fourth-order valence-corrected chi connectivity index (χ4v) is 5.43. The van der Waals surface area contributed by atoms with E-state index in [2.05, 4.69) is 24.1 Å². The minimum absolute atomic E-state index is 0.0182. The lowest BCUT2D eigenvalue weighted by atomic mass is 9.78. The van der Waals surface area contributed by atoms with Crippen LogP contribution < -0.4 is 19.5 Å². The third kappa shape index (κ3) is 4.41. The second kappa shape index (κ2) is 9.02. The Balaban J connectivity index is 1.37. The number of nitrogens with zero attached hydrogens (tertiary/aromatic N) is 1. The Kier molecular flexibility index (Phi) is 6.06. The number of alkyl carbamates (subject to hydrolysis) is 1. The molecule has 4 heterocycles. The molecule has 1 amide bonds.